The summed E-state index contributed by atoms with van der Waals surface area (Å²) in [6, 6.07) is 10.5. The van der Waals surface area contributed by atoms with Gasteiger partial charge in [0.25, 0.3) is 0 Å². The third-order valence-corrected chi connectivity index (χ3v) is 7.12. The number of benzene rings is 1. The number of hydrogen-bond acceptors (Lipinski definition) is 11. The first-order chi connectivity index (χ1) is 17.2. The van der Waals surface area contributed by atoms with Crippen molar-refractivity contribution >= 4 is 33.2 Å². The molecule has 2 aromatic heterocycles. The molecule has 1 aromatic carbocycles. The monoisotopic (exact) mass is 529 g/mol. The van der Waals surface area contributed by atoms with Crippen molar-refractivity contribution < 1.29 is 27.2 Å². The Balaban J connectivity index is 1.41. The van der Waals surface area contributed by atoms with Gasteiger partial charge in [-0.05, 0) is 36.4 Å². The van der Waals surface area contributed by atoms with Crippen LogP contribution in [0.2, 0.25) is 0 Å². The van der Waals surface area contributed by atoms with Crippen molar-refractivity contribution in [1.82, 2.24) is 9.97 Å². The van der Waals surface area contributed by atoms with Gasteiger partial charge in [-0.25, -0.2) is 15.1 Å². The number of aliphatic hydroxyl groups is 1. The van der Waals surface area contributed by atoms with Crippen molar-refractivity contribution in [2.45, 2.75) is 31.6 Å². The van der Waals surface area contributed by atoms with E-state index in [-0.39, 0.29) is 30.6 Å². The number of ether oxygens (including phenoxy) is 1. The summed E-state index contributed by atoms with van der Waals surface area (Å²) in [5.74, 6) is 0.0650. The molecule has 0 bridgehead atoms. The van der Waals surface area contributed by atoms with Crippen LogP contribution in [0.5, 0.6) is 5.75 Å². The van der Waals surface area contributed by atoms with Crippen LogP contribution < -0.4 is 15.2 Å². The molecule has 188 valence electrons. The molecule has 0 spiro atoms. The van der Waals surface area contributed by atoms with Crippen LogP contribution in [0.1, 0.15) is 39.2 Å². The van der Waals surface area contributed by atoms with Crippen molar-refractivity contribution in [3.05, 3.63) is 69.8 Å². The highest BCUT2D eigenvalue weighted by molar-refractivity contribution is 7.84. The van der Waals surface area contributed by atoms with Crippen LogP contribution in [0.4, 0.5) is 5.82 Å². The van der Waals surface area contributed by atoms with Crippen LogP contribution in [0.25, 0.3) is 0 Å². The topological polar surface area (TPSA) is 178 Å². The molecule has 11 nitrogen and oxygen atoms in total. The number of nitriles is 1. The molecule has 2 heterocycles. The van der Waals surface area contributed by atoms with E-state index in [4.69, 9.17) is 9.88 Å². The zero-order valence-corrected chi connectivity index (χ0v) is 20.5. The maximum atomic E-state index is 13.2. The fourth-order valence-electron chi connectivity index (χ4n) is 3.94. The van der Waals surface area contributed by atoms with Crippen LogP contribution in [0.15, 0.2) is 48.2 Å². The molecule has 0 unspecified atom stereocenters. The number of aromatic nitrogens is 2. The van der Waals surface area contributed by atoms with Gasteiger partial charge in [0.1, 0.15) is 30.6 Å². The molecule has 13 heteroatoms. The van der Waals surface area contributed by atoms with E-state index in [2.05, 4.69) is 25.5 Å². The highest BCUT2D eigenvalue weighted by atomic mass is 32.2. The summed E-state index contributed by atoms with van der Waals surface area (Å²) in [6.45, 7) is -0.0343. The van der Waals surface area contributed by atoms with Gasteiger partial charge in [0, 0.05) is 23.7 Å². The van der Waals surface area contributed by atoms with Gasteiger partial charge in [0.2, 0.25) is 5.78 Å². The number of carbonyl (C=O) groups is 1. The minimum Gasteiger partial charge on any atom is -0.487 e. The van der Waals surface area contributed by atoms with Crippen molar-refractivity contribution in [3.8, 4) is 11.8 Å². The first-order valence-electron chi connectivity index (χ1n) is 10.9. The lowest BCUT2D eigenvalue weighted by Crippen LogP contribution is -2.24. The standard InChI is InChI=1S/C23H23N5O6S2/c24-8-15-3-1-2-4-20(15)33-10-14-5-21(35-12-14)22(30)18-9-26-13-27-23(18)28-17-6-16(19(29)7-17)11-34-36(25,31)32/h1-5,9,12-13,16-17,19,29H,6-7,10-11H2,(H2,25,31,32)(H,26,27,28)/t16-,17-,19+/m1/s1. The van der Waals surface area contributed by atoms with Crippen LogP contribution in [0, 0.1) is 17.2 Å². The van der Waals surface area contributed by atoms with Gasteiger partial charge < -0.3 is 15.2 Å². The van der Waals surface area contributed by atoms with E-state index in [1.54, 1.807) is 30.3 Å². The number of nitrogens with one attached hydrogen (secondary N) is 1. The molecule has 0 saturated heterocycles. The number of para-hydroxylation sites is 1. The Morgan fingerprint density at radius 2 is 2.14 bits per heavy atom. The number of rotatable bonds is 10. The molecule has 4 N–H and O–H groups in total. The van der Waals surface area contributed by atoms with Gasteiger partial charge in [0.15, 0.2) is 0 Å². The summed E-state index contributed by atoms with van der Waals surface area (Å²) in [7, 11) is -4.10. The SMILES string of the molecule is N#Cc1ccccc1OCc1csc(C(=O)c2cncnc2N[C@@H]2C[C@H](COS(N)(=O)=O)[C@@H](O)C2)c1. The largest absolute Gasteiger partial charge is 0.487 e. The third-order valence-electron chi connectivity index (χ3n) is 5.68. The van der Waals surface area contributed by atoms with Gasteiger partial charge in [-0.15, -0.1) is 11.3 Å². The lowest BCUT2D eigenvalue weighted by molar-refractivity contribution is 0.101. The summed E-state index contributed by atoms with van der Waals surface area (Å²) in [5, 5.41) is 29.3. The van der Waals surface area contributed by atoms with E-state index in [1.165, 1.54) is 23.9 Å². The molecule has 0 radical (unpaired) electrons. The molecule has 3 atom stereocenters. The lowest BCUT2D eigenvalue weighted by Gasteiger charge is -2.15. The first-order valence-corrected chi connectivity index (χ1v) is 13.2. The van der Waals surface area contributed by atoms with E-state index in [0.29, 0.717) is 34.8 Å². The highest BCUT2D eigenvalue weighted by Gasteiger charge is 2.34. The summed E-state index contributed by atoms with van der Waals surface area (Å²) < 4.78 is 32.5. The zero-order valence-electron chi connectivity index (χ0n) is 18.9. The van der Waals surface area contributed by atoms with Gasteiger partial charge in [0.05, 0.1) is 28.7 Å². The molecule has 4 rings (SSSR count). The number of nitrogens with two attached hydrogens (primary N) is 1. The van der Waals surface area contributed by atoms with Gasteiger partial charge in [-0.3, -0.25) is 8.98 Å². The second-order valence-electron chi connectivity index (χ2n) is 8.25. The number of carbonyl (C=O) groups excluding carboxylic acids is 1. The minimum atomic E-state index is -4.10. The van der Waals surface area contributed by atoms with Crippen LogP contribution in [0.3, 0.4) is 0 Å². The summed E-state index contributed by atoms with van der Waals surface area (Å²) in [5.41, 5.74) is 1.47. The van der Waals surface area contributed by atoms with Gasteiger partial charge >= 0.3 is 10.3 Å². The normalized spacial score (nSPS) is 19.5. The van der Waals surface area contributed by atoms with Gasteiger partial charge in [-0.2, -0.15) is 13.7 Å². The third kappa shape index (κ3) is 6.42. The summed E-state index contributed by atoms with van der Waals surface area (Å²) in [4.78, 5) is 21.9. The molecule has 1 aliphatic carbocycles. The van der Waals surface area contributed by atoms with Crippen LogP contribution in [-0.4, -0.2) is 48.0 Å². The van der Waals surface area contributed by atoms with Crippen molar-refractivity contribution in [2.24, 2.45) is 11.1 Å². The first kappa shape index (κ1) is 25.7. The van der Waals surface area contributed by atoms with Crippen molar-refractivity contribution in [3.63, 3.8) is 0 Å². The second kappa shape index (κ2) is 11.1. The molecule has 36 heavy (non-hydrogen) atoms. The number of hydrogen-bond donors (Lipinski definition) is 3. The molecular weight excluding hydrogens is 506 g/mol. The zero-order chi connectivity index (χ0) is 25.7. The Kier molecular flexibility index (Phi) is 7.92. The predicted octanol–water partition coefficient (Wildman–Crippen LogP) is 1.99. The van der Waals surface area contributed by atoms with E-state index in [1.807, 2.05) is 5.38 Å². The predicted molar refractivity (Wildman–Crippen MR) is 130 cm³/mol. The Hall–Kier alpha value is -3.41. The maximum absolute atomic E-state index is 13.2. The van der Waals surface area contributed by atoms with E-state index in [0.717, 1.165) is 5.56 Å². The quantitative estimate of drug-likeness (QED) is 0.329. The Bertz CT molecular complexity index is 1390. The molecule has 1 fully saturated rings. The lowest BCUT2D eigenvalue weighted by atomic mass is 10.1. The average Bonchev–Trinajstić information content (AvgIpc) is 3.47. The number of aliphatic hydroxyl groups excluding tert-OH is 1. The number of nitrogens with zero attached hydrogens (tertiary/aromatic N) is 3. The molecule has 1 aliphatic rings. The number of anilines is 1. The Morgan fingerprint density at radius 3 is 2.92 bits per heavy atom. The van der Waals surface area contributed by atoms with Gasteiger partial charge in [-0.1, -0.05) is 12.1 Å². The highest BCUT2D eigenvalue weighted by Crippen LogP contribution is 2.30. The fourth-order valence-corrected chi connectivity index (χ4v) is 5.15. The molecule has 3 aromatic rings. The van der Waals surface area contributed by atoms with E-state index < -0.39 is 22.3 Å². The minimum absolute atomic E-state index is 0.195. The van der Waals surface area contributed by atoms with E-state index >= 15 is 0 Å². The van der Waals surface area contributed by atoms with E-state index in [9.17, 15) is 23.6 Å². The van der Waals surface area contributed by atoms with Crippen LogP contribution in [-0.2, 0) is 21.1 Å². The van der Waals surface area contributed by atoms with Crippen molar-refractivity contribution in [2.75, 3.05) is 11.9 Å². The molecule has 0 amide bonds. The molecule has 0 aliphatic heterocycles. The average molecular weight is 530 g/mol. The molecule has 1 saturated carbocycles. The summed E-state index contributed by atoms with van der Waals surface area (Å²) in [6.07, 6.45) is 2.66. The van der Waals surface area contributed by atoms with Crippen LogP contribution >= 0.6 is 11.3 Å². The number of ketones is 1. The maximum Gasteiger partial charge on any atom is 0.333 e. The fraction of sp³-hybridized carbons (Fsp3) is 0.304. The Labute approximate surface area is 211 Å². The Morgan fingerprint density at radius 1 is 1.33 bits per heavy atom. The second-order valence-corrected chi connectivity index (χ2v) is 10.4. The molecular formula is C23H23N5O6S2. The summed E-state index contributed by atoms with van der Waals surface area (Å²) >= 11 is 1.26. The number of thiophene rings is 1. The van der Waals surface area contributed by atoms with Crippen molar-refractivity contribution in [1.29, 1.82) is 5.26 Å². The smallest absolute Gasteiger partial charge is 0.333 e.